The van der Waals surface area contributed by atoms with Crippen molar-refractivity contribution in [2.24, 2.45) is 0 Å². The Morgan fingerprint density at radius 2 is 1.90 bits per heavy atom. The molecule has 0 saturated heterocycles. The second kappa shape index (κ2) is 10.1. The van der Waals surface area contributed by atoms with Crippen molar-refractivity contribution in [3.63, 3.8) is 0 Å². The number of methoxy groups -OCH3 is 2. The predicted molar refractivity (Wildman–Crippen MR) is 86.5 cm³/mol. The molecule has 1 aromatic carbocycles. The van der Waals surface area contributed by atoms with Crippen LogP contribution >= 0.6 is 22.6 Å². The van der Waals surface area contributed by atoms with Gasteiger partial charge in [-0.15, -0.1) is 0 Å². The average molecular weight is 392 g/mol. The number of carbonyl (C=O) groups excluding carboxylic acids is 1. The van der Waals surface area contributed by atoms with Crippen LogP contribution in [0.15, 0.2) is 24.3 Å². The molecule has 5 nitrogen and oxygen atoms in total. The molecule has 0 heterocycles. The molecule has 1 amide bonds. The maximum absolute atomic E-state index is 11.6. The SMILES string of the molecule is COC(CNCC(=O)NCCc1ccc(I)cc1)OC. The summed E-state index contributed by atoms with van der Waals surface area (Å²) >= 11 is 2.27. The predicted octanol–water partition coefficient (Wildman–Crippen LogP) is 1.16. The largest absolute Gasteiger partial charge is 0.355 e. The number of hydrogen-bond acceptors (Lipinski definition) is 4. The van der Waals surface area contributed by atoms with E-state index >= 15 is 0 Å². The highest BCUT2D eigenvalue weighted by Gasteiger charge is 2.06. The summed E-state index contributed by atoms with van der Waals surface area (Å²) < 4.78 is 11.2. The molecule has 0 saturated carbocycles. The number of nitrogens with one attached hydrogen (secondary N) is 2. The third-order valence-corrected chi connectivity index (χ3v) is 3.49. The van der Waals surface area contributed by atoms with E-state index in [1.54, 1.807) is 14.2 Å². The van der Waals surface area contributed by atoms with E-state index in [1.165, 1.54) is 9.13 Å². The van der Waals surface area contributed by atoms with E-state index in [4.69, 9.17) is 9.47 Å². The van der Waals surface area contributed by atoms with Gasteiger partial charge in [-0.3, -0.25) is 4.79 Å². The molecule has 20 heavy (non-hydrogen) atoms. The van der Waals surface area contributed by atoms with Crippen molar-refractivity contribution in [2.45, 2.75) is 12.7 Å². The van der Waals surface area contributed by atoms with Gasteiger partial charge in [-0.25, -0.2) is 0 Å². The van der Waals surface area contributed by atoms with Crippen molar-refractivity contribution in [2.75, 3.05) is 33.9 Å². The summed E-state index contributed by atoms with van der Waals surface area (Å²) in [5, 5.41) is 5.85. The van der Waals surface area contributed by atoms with Crippen LogP contribution in [0.5, 0.6) is 0 Å². The highest BCUT2D eigenvalue weighted by molar-refractivity contribution is 14.1. The standard InChI is InChI=1S/C14H21IN2O3/c1-19-14(20-2)10-16-9-13(18)17-8-7-11-3-5-12(15)6-4-11/h3-6,14,16H,7-10H2,1-2H3,(H,17,18). The molecule has 1 aromatic rings. The zero-order chi connectivity index (χ0) is 14.8. The number of benzene rings is 1. The van der Waals surface area contributed by atoms with Crippen LogP contribution in [-0.2, 0) is 20.7 Å². The van der Waals surface area contributed by atoms with Gasteiger partial charge < -0.3 is 20.1 Å². The van der Waals surface area contributed by atoms with Crippen LogP contribution in [-0.4, -0.2) is 46.1 Å². The smallest absolute Gasteiger partial charge is 0.233 e. The monoisotopic (exact) mass is 392 g/mol. The number of rotatable bonds is 9. The van der Waals surface area contributed by atoms with Crippen LogP contribution in [0.2, 0.25) is 0 Å². The summed E-state index contributed by atoms with van der Waals surface area (Å²) in [6.45, 7) is 1.38. The summed E-state index contributed by atoms with van der Waals surface area (Å²) in [4.78, 5) is 11.6. The second-order valence-electron chi connectivity index (χ2n) is 4.26. The van der Waals surface area contributed by atoms with E-state index in [9.17, 15) is 4.79 Å². The first kappa shape index (κ1) is 17.4. The first-order chi connectivity index (χ1) is 9.65. The van der Waals surface area contributed by atoms with Crippen LogP contribution in [0, 0.1) is 3.57 Å². The van der Waals surface area contributed by atoms with E-state index in [2.05, 4.69) is 57.5 Å². The number of carbonyl (C=O) groups is 1. The molecule has 0 bridgehead atoms. The van der Waals surface area contributed by atoms with Gasteiger partial charge in [-0.1, -0.05) is 12.1 Å². The third-order valence-electron chi connectivity index (χ3n) is 2.77. The van der Waals surface area contributed by atoms with Gasteiger partial charge in [-0.2, -0.15) is 0 Å². The molecule has 0 spiro atoms. The first-order valence-corrected chi connectivity index (χ1v) is 7.51. The van der Waals surface area contributed by atoms with E-state index in [1.807, 2.05) is 0 Å². The maximum Gasteiger partial charge on any atom is 0.233 e. The van der Waals surface area contributed by atoms with Gasteiger partial charge >= 0.3 is 0 Å². The number of halogens is 1. The van der Waals surface area contributed by atoms with E-state index in [0.717, 1.165) is 6.42 Å². The lowest BCUT2D eigenvalue weighted by Gasteiger charge is -2.13. The van der Waals surface area contributed by atoms with Gasteiger partial charge in [0.2, 0.25) is 5.91 Å². The molecule has 0 radical (unpaired) electrons. The summed E-state index contributed by atoms with van der Waals surface area (Å²) in [6, 6.07) is 8.28. The van der Waals surface area contributed by atoms with Crippen LogP contribution in [0.1, 0.15) is 5.56 Å². The Balaban J connectivity index is 2.12. The Morgan fingerprint density at radius 1 is 1.25 bits per heavy atom. The Morgan fingerprint density at radius 3 is 2.50 bits per heavy atom. The molecule has 0 aliphatic rings. The lowest BCUT2D eigenvalue weighted by molar-refractivity contribution is -0.121. The minimum Gasteiger partial charge on any atom is -0.355 e. The van der Waals surface area contributed by atoms with Crippen molar-refractivity contribution in [1.29, 1.82) is 0 Å². The summed E-state index contributed by atoms with van der Waals surface area (Å²) in [5.41, 5.74) is 1.22. The molecule has 0 aromatic heterocycles. The average Bonchev–Trinajstić information content (AvgIpc) is 2.46. The minimum atomic E-state index is -0.324. The topological polar surface area (TPSA) is 59.6 Å². The molecular formula is C14H21IN2O3. The van der Waals surface area contributed by atoms with E-state index in [0.29, 0.717) is 13.1 Å². The molecule has 2 N–H and O–H groups in total. The Kier molecular flexibility index (Phi) is 8.75. The molecular weight excluding hydrogens is 371 g/mol. The zero-order valence-electron chi connectivity index (χ0n) is 11.8. The van der Waals surface area contributed by atoms with Crippen molar-refractivity contribution >= 4 is 28.5 Å². The summed E-state index contributed by atoms with van der Waals surface area (Å²) in [6.07, 6.45) is 0.510. The Labute approximate surface area is 133 Å². The Bertz CT molecular complexity index is 394. The fourth-order valence-electron chi connectivity index (χ4n) is 1.63. The highest BCUT2D eigenvalue weighted by Crippen LogP contribution is 2.06. The third kappa shape index (κ3) is 7.18. The summed E-state index contributed by atoms with van der Waals surface area (Å²) in [5.74, 6) is -0.0264. The molecule has 0 atom stereocenters. The lowest BCUT2D eigenvalue weighted by Crippen LogP contribution is -2.38. The quantitative estimate of drug-likeness (QED) is 0.489. The molecule has 0 aliphatic carbocycles. The van der Waals surface area contributed by atoms with Gasteiger partial charge in [0.25, 0.3) is 0 Å². The highest BCUT2D eigenvalue weighted by atomic mass is 127. The van der Waals surface area contributed by atoms with E-state index in [-0.39, 0.29) is 18.7 Å². The lowest BCUT2D eigenvalue weighted by atomic mass is 10.1. The molecule has 0 aliphatic heterocycles. The fraction of sp³-hybridized carbons (Fsp3) is 0.500. The number of hydrogen-bond donors (Lipinski definition) is 2. The van der Waals surface area contributed by atoms with Crippen LogP contribution in [0.4, 0.5) is 0 Å². The first-order valence-electron chi connectivity index (χ1n) is 6.43. The molecule has 0 fully saturated rings. The molecule has 1 rings (SSSR count). The van der Waals surface area contributed by atoms with Crippen LogP contribution in [0.25, 0.3) is 0 Å². The molecule has 0 unspecified atom stereocenters. The van der Waals surface area contributed by atoms with Crippen molar-refractivity contribution in [3.8, 4) is 0 Å². The van der Waals surface area contributed by atoms with Gasteiger partial charge in [0, 0.05) is 30.9 Å². The van der Waals surface area contributed by atoms with Crippen molar-refractivity contribution < 1.29 is 14.3 Å². The van der Waals surface area contributed by atoms with Gasteiger partial charge in [0.15, 0.2) is 6.29 Å². The second-order valence-corrected chi connectivity index (χ2v) is 5.50. The van der Waals surface area contributed by atoms with Crippen LogP contribution < -0.4 is 10.6 Å². The Hall–Kier alpha value is -0.700. The number of ether oxygens (including phenoxy) is 2. The van der Waals surface area contributed by atoms with Crippen LogP contribution in [0.3, 0.4) is 0 Å². The summed E-state index contributed by atoms with van der Waals surface area (Å²) in [7, 11) is 3.13. The van der Waals surface area contributed by atoms with Gasteiger partial charge in [0.1, 0.15) is 0 Å². The van der Waals surface area contributed by atoms with Crippen molar-refractivity contribution in [3.05, 3.63) is 33.4 Å². The van der Waals surface area contributed by atoms with E-state index < -0.39 is 0 Å². The molecule has 112 valence electrons. The molecule has 6 heteroatoms. The number of amides is 1. The zero-order valence-corrected chi connectivity index (χ0v) is 14.0. The minimum absolute atomic E-state index is 0.0264. The normalized spacial score (nSPS) is 10.8. The fourth-order valence-corrected chi connectivity index (χ4v) is 1.99. The van der Waals surface area contributed by atoms with Crippen molar-refractivity contribution in [1.82, 2.24) is 10.6 Å². The van der Waals surface area contributed by atoms with Gasteiger partial charge in [0.05, 0.1) is 6.54 Å². The van der Waals surface area contributed by atoms with Gasteiger partial charge in [-0.05, 0) is 46.7 Å². The maximum atomic E-state index is 11.6.